The lowest BCUT2D eigenvalue weighted by Gasteiger charge is -2.51. The molecule has 0 aliphatic carbocycles. The molecule has 0 heterocycles. The lowest BCUT2D eigenvalue weighted by Crippen LogP contribution is -2.59. The maximum absolute atomic E-state index is 6.94. The van der Waals surface area contributed by atoms with Gasteiger partial charge in [0, 0.05) is 17.2 Å². The number of rotatable bonds is 7. The van der Waals surface area contributed by atoms with E-state index in [1.807, 2.05) is 7.11 Å². The summed E-state index contributed by atoms with van der Waals surface area (Å²) < 4.78 is 13.1. The molecule has 0 saturated carbocycles. The van der Waals surface area contributed by atoms with Gasteiger partial charge in [-0.3, -0.25) is 0 Å². The Labute approximate surface area is 135 Å². The summed E-state index contributed by atoms with van der Waals surface area (Å²) in [7, 11) is -0.540. The fourth-order valence-electron chi connectivity index (χ4n) is 3.59. The minimum absolute atomic E-state index is 0.0408. The molecule has 0 aromatic heterocycles. The quantitative estimate of drug-likeness (QED) is 0.524. The molecule has 0 saturated heterocycles. The van der Waals surface area contributed by atoms with E-state index >= 15 is 0 Å². The van der Waals surface area contributed by atoms with Crippen LogP contribution in [0.3, 0.4) is 0 Å². The minimum Gasteiger partial charge on any atom is -0.397 e. The van der Waals surface area contributed by atoms with Crippen LogP contribution in [0, 0.1) is 11.8 Å². The topological polar surface area (TPSA) is 18.5 Å². The van der Waals surface area contributed by atoms with E-state index < -0.39 is 8.56 Å². The van der Waals surface area contributed by atoms with Gasteiger partial charge < -0.3 is 8.85 Å². The third kappa shape index (κ3) is 4.55. The number of hydrogen-bond donors (Lipinski definition) is 0. The molecule has 0 aliphatic heterocycles. The Bertz CT molecular complexity index is 277. The molecule has 0 bridgehead atoms. The first-order valence-corrected chi connectivity index (χ1v) is 10.4. The van der Waals surface area contributed by atoms with Gasteiger partial charge in [-0.15, -0.1) is 0 Å². The molecule has 2 unspecified atom stereocenters. The van der Waals surface area contributed by atoms with Crippen molar-refractivity contribution in [2.75, 3.05) is 7.11 Å². The summed E-state index contributed by atoms with van der Waals surface area (Å²) in [5.41, 5.74) is 0. The second-order valence-corrected chi connectivity index (χ2v) is 13.6. The van der Waals surface area contributed by atoms with E-state index in [-0.39, 0.29) is 16.2 Å². The lowest BCUT2D eigenvalue weighted by atomic mass is 9.90. The van der Waals surface area contributed by atoms with E-state index in [2.05, 4.69) is 69.2 Å². The molecule has 0 spiro atoms. The van der Waals surface area contributed by atoms with Crippen LogP contribution in [0.2, 0.25) is 10.1 Å². The van der Waals surface area contributed by atoms with E-state index in [9.17, 15) is 0 Å². The molecule has 0 fully saturated rings. The van der Waals surface area contributed by atoms with Gasteiger partial charge in [0.05, 0.1) is 6.10 Å². The summed E-state index contributed by atoms with van der Waals surface area (Å²) in [5, 5.41) is 0.0817. The Kier molecular flexibility index (Phi) is 7.66. The molecule has 21 heavy (non-hydrogen) atoms. The molecule has 0 radical (unpaired) electrons. The van der Waals surface area contributed by atoms with Gasteiger partial charge in [-0.2, -0.15) is 0 Å². The van der Waals surface area contributed by atoms with E-state index in [4.69, 9.17) is 8.85 Å². The van der Waals surface area contributed by atoms with Gasteiger partial charge in [0.2, 0.25) is 0 Å². The van der Waals surface area contributed by atoms with Crippen molar-refractivity contribution in [1.29, 1.82) is 0 Å². The molecule has 3 heteroatoms. The first-order chi connectivity index (χ1) is 9.37. The van der Waals surface area contributed by atoms with Crippen molar-refractivity contribution < 1.29 is 8.85 Å². The van der Waals surface area contributed by atoms with Gasteiger partial charge in [-0.1, -0.05) is 82.1 Å². The zero-order valence-electron chi connectivity index (χ0n) is 16.5. The second-order valence-electron chi connectivity index (χ2n) is 8.67. The monoisotopic (exact) mass is 316 g/mol. The highest BCUT2D eigenvalue weighted by atomic mass is 28.4. The van der Waals surface area contributed by atoms with Crippen molar-refractivity contribution in [3.8, 4) is 0 Å². The van der Waals surface area contributed by atoms with Crippen LogP contribution in [-0.4, -0.2) is 21.8 Å². The summed E-state index contributed by atoms with van der Waals surface area (Å²) in [5.74, 6) is 1.12. The van der Waals surface area contributed by atoms with Crippen molar-refractivity contribution in [2.45, 2.75) is 98.3 Å². The van der Waals surface area contributed by atoms with Gasteiger partial charge in [0.1, 0.15) is 0 Å². The SMILES string of the molecule is CCC(C)C(O[Si](OC)(C(C)(C)C)C(C)(C)C)C(C)CC. The zero-order valence-corrected chi connectivity index (χ0v) is 17.5. The molecule has 0 aromatic rings. The standard InChI is InChI=1S/C18H40O2Si/c1-12-14(3)16(15(4)13-2)20-21(19-11,17(5,6)7)18(8,9)10/h14-16H,12-13H2,1-11H3. The molecule has 0 aliphatic rings. The zero-order chi connectivity index (χ0) is 17.1. The van der Waals surface area contributed by atoms with Gasteiger partial charge in [0.25, 0.3) is 0 Å². The molecular weight excluding hydrogens is 276 g/mol. The normalized spacial score (nSPS) is 18.4. The summed E-state index contributed by atoms with van der Waals surface area (Å²) in [6, 6.07) is 0. The van der Waals surface area contributed by atoms with Crippen molar-refractivity contribution in [3.63, 3.8) is 0 Å². The Balaban J connectivity index is 5.75. The fourth-order valence-corrected chi connectivity index (χ4v) is 8.71. The predicted molar refractivity (Wildman–Crippen MR) is 96.0 cm³/mol. The molecule has 0 aromatic carbocycles. The van der Waals surface area contributed by atoms with Crippen LogP contribution in [0.4, 0.5) is 0 Å². The summed E-state index contributed by atoms with van der Waals surface area (Å²) in [6.45, 7) is 22.8. The summed E-state index contributed by atoms with van der Waals surface area (Å²) >= 11 is 0. The average Bonchev–Trinajstić information content (AvgIpc) is 2.35. The van der Waals surface area contributed by atoms with E-state index in [0.717, 1.165) is 12.8 Å². The van der Waals surface area contributed by atoms with Crippen LogP contribution in [0.15, 0.2) is 0 Å². The number of hydrogen-bond acceptors (Lipinski definition) is 2. The molecular formula is C18H40O2Si. The third-order valence-corrected chi connectivity index (χ3v) is 10.1. The van der Waals surface area contributed by atoms with Gasteiger partial charge in [-0.25, -0.2) is 0 Å². The van der Waals surface area contributed by atoms with Crippen LogP contribution < -0.4 is 0 Å². The first kappa shape index (κ1) is 21.1. The molecule has 0 N–H and O–H groups in total. The maximum atomic E-state index is 6.94. The van der Waals surface area contributed by atoms with E-state index in [1.165, 1.54) is 0 Å². The molecule has 128 valence electrons. The van der Waals surface area contributed by atoms with Crippen LogP contribution in [-0.2, 0) is 8.85 Å². The van der Waals surface area contributed by atoms with Crippen LogP contribution in [0.5, 0.6) is 0 Å². The Morgan fingerprint density at radius 3 is 1.33 bits per heavy atom. The largest absolute Gasteiger partial charge is 0.397 e. The van der Waals surface area contributed by atoms with Gasteiger partial charge in [0.15, 0.2) is 0 Å². The maximum Gasteiger partial charge on any atom is 0.349 e. The highest BCUT2D eigenvalue weighted by Crippen LogP contribution is 2.53. The molecule has 0 rings (SSSR count). The fraction of sp³-hybridized carbons (Fsp3) is 1.00. The van der Waals surface area contributed by atoms with Crippen molar-refractivity contribution in [3.05, 3.63) is 0 Å². The highest BCUT2D eigenvalue weighted by molar-refractivity contribution is 6.73. The average molecular weight is 317 g/mol. The first-order valence-electron chi connectivity index (χ1n) is 8.60. The van der Waals surface area contributed by atoms with Crippen molar-refractivity contribution >= 4 is 8.56 Å². The van der Waals surface area contributed by atoms with Gasteiger partial charge in [-0.05, 0) is 11.8 Å². The highest BCUT2D eigenvalue weighted by Gasteiger charge is 2.59. The van der Waals surface area contributed by atoms with Gasteiger partial charge >= 0.3 is 8.56 Å². The minimum atomic E-state index is -2.39. The predicted octanol–water partition coefficient (Wildman–Crippen LogP) is 6.15. The molecule has 0 amide bonds. The Hall–Kier alpha value is 0.137. The summed E-state index contributed by atoms with van der Waals surface area (Å²) in [6.07, 6.45) is 2.58. The lowest BCUT2D eigenvalue weighted by molar-refractivity contribution is 0.0256. The third-order valence-electron chi connectivity index (χ3n) is 4.97. The molecule has 2 atom stereocenters. The second kappa shape index (κ2) is 7.61. The Morgan fingerprint density at radius 1 is 0.810 bits per heavy atom. The van der Waals surface area contributed by atoms with Crippen LogP contribution in [0.1, 0.15) is 82.1 Å². The molecule has 2 nitrogen and oxygen atoms in total. The van der Waals surface area contributed by atoms with E-state index in [1.54, 1.807) is 0 Å². The van der Waals surface area contributed by atoms with Crippen molar-refractivity contribution in [1.82, 2.24) is 0 Å². The van der Waals surface area contributed by atoms with Crippen LogP contribution >= 0.6 is 0 Å². The Morgan fingerprint density at radius 2 is 1.14 bits per heavy atom. The van der Waals surface area contributed by atoms with E-state index in [0.29, 0.717) is 11.8 Å². The summed E-state index contributed by atoms with van der Waals surface area (Å²) in [4.78, 5) is 0. The van der Waals surface area contributed by atoms with Crippen LogP contribution in [0.25, 0.3) is 0 Å². The smallest absolute Gasteiger partial charge is 0.349 e. The van der Waals surface area contributed by atoms with Crippen molar-refractivity contribution in [2.24, 2.45) is 11.8 Å².